The van der Waals surface area contributed by atoms with E-state index in [0.29, 0.717) is 19.6 Å². The van der Waals surface area contributed by atoms with E-state index >= 15 is 0 Å². The number of aromatic nitrogens is 2. The van der Waals surface area contributed by atoms with Crippen LogP contribution in [0.2, 0.25) is 0 Å². The van der Waals surface area contributed by atoms with Gasteiger partial charge in [-0.3, -0.25) is 9.59 Å². The number of carbonyl (C=O) groups excluding carboxylic acids is 1. The number of piperazine rings is 1. The van der Waals surface area contributed by atoms with Gasteiger partial charge in [-0.05, 0) is 23.8 Å². The highest BCUT2D eigenvalue weighted by atomic mass is 35.5. The van der Waals surface area contributed by atoms with Crippen molar-refractivity contribution >= 4 is 18.3 Å². The second-order valence-corrected chi connectivity index (χ2v) is 5.08. The van der Waals surface area contributed by atoms with Gasteiger partial charge < -0.3 is 10.2 Å². The highest BCUT2D eigenvalue weighted by molar-refractivity contribution is 5.92. The summed E-state index contributed by atoms with van der Waals surface area (Å²) in [6.45, 7) is 1.68. The Balaban J connectivity index is 0.00000192. The van der Waals surface area contributed by atoms with Gasteiger partial charge in [-0.25, -0.2) is 9.49 Å². The lowest BCUT2D eigenvalue weighted by molar-refractivity contribution is 0.0626. The maximum Gasteiger partial charge on any atom is 0.274 e. The number of amides is 1. The maximum atomic E-state index is 13.4. The molecule has 23 heavy (non-hydrogen) atoms. The SMILES string of the molecule is Cl.O=C(c1ccc(=O)[nH]n1)N1CCNCC1c1cccc(F)c1. The van der Waals surface area contributed by atoms with Crippen molar-refractivity contribution in [2.75, 3.05) is 19.6 Å². The van der Waals surface area contributed by atoms with Crippen molar-refractivity contribution in [1.82, 2.24) is 20.4 Å². The van der Waals surface area contributed by atoms with Crippen LogP contribution in [0.1, 0.15) is 22.1 Å². The summed E-state index contributed by atoms with van der Waals surface area (Å²) in [5, 5.41) is 9.23. The largest absolute Gasteiger partial charge is 0.328 e. The zero-order valence-electron chi connectivity index (χ0n) is 12.2. The normalized spacial score (nSPS) is 17.4. The Morgan fingerprint density at radius 1 is 1.30 bits per heavy atom. The van der Waals surface area contributed by atoms with Gasteiger partial charge in [0.05, 0.1) is 6.04 Å². The molecule has 0 saturated carbocycles. The number of halogens is 2. The topological polar surface area (TPSA) is 78.1 Å². The number of benzene rings is 1. The smallest absolute Gasteiger partial charge is 0.274 e. The zero-order chi connectivity index (χ0) is 15.5. The number of hydrogen-bond donors (Lipinski definition) is 2. The summed E-state index contributed by atoms with van der Waals surface area (Å²) in [6, 6.07) is 8.60. The van der Waals surface area contributed by atoms with Crippen LogP contribution in [-0.4, -0.2) is 40.6 Å². The number of hydrogen-bond acceptors (Lipinski definition) is 4. The monoisotopic (exact) mass is 338 g/mol. The highest BCUT2D eigenvalue weighted by Gasteiger charge is 2.29. The minimum atomic E-state index is -0.362. The number of aromatic amines is 1. The molecule has 1 saturated heterocycles. The zero-order valence-corrected chi connectivity index (χ0v) is 13.0. The first kappa shape index (κ1) is 17.1. The highest BCUT2D eigenvalue weighted by Crippen LogP contribution is 2.24. The number of carbonyl (C=O) groups is 1. The third-order valence-electron chi connectivity index (χ3n) is 3.64. The van der Waals surface area contributed by atoms with E-state index in [1.54, 1.807) is 17.0 Å². The predicted molar refractivity (Wildman–Crippen MR) is 85.2 cm³/mol. The van der Waals surface area contributed by atoms with E-state index in [9.17, 15) is 14.0 Å². The van der Waals surface area contributed by atoms with Gasteiger partial charge in [-0.1, -0.05) is 12.1 Å². The molecule has 1 amide bonds. The molecular formula is C15H16ClFN4O2. The summed E-state index contributed by atoms with van der Waals surface area (Å²) in [6.07, 6.45) is 0. The van der Waals surface area contributed by atoms with E-state index in [1.165, 1.54) is 24.3 Å². The molecule has 1 aromatic carbocycles. The fourth-order valence-electron chi connectivity index (χ4n) is 2.57. The van der Waals surface area contributed by atoms with E-state index in [1.807, 2.05) is 0 Å². The van der Waals surface area contributed by atoms with Crippen LogP contribution in [0.5, 0.6) is 0 Å². The minimum Gasteiger partial charge on any atom is -0.328 e. The van der Waals surface area contributed by atoms with Crippen LogP contribution in [0.15, 0.2) is 41.2 Å². The minimum absolute atomic E-state index is 0. The molecule has 0 radical (unpaired) electrons. The lowest BCUT2D eigenvalue weighted by atomic mass is 10.0. The first-order valence-corrected chi connectivity index (χ1v) is 6.98. The first-order valence-electron chi connectivity index (χ1n) is 6.98. The van der Waals surface area contributed by atoms with Crippen molar-refractivity contribution < 1.29 is 9.18 Å². The third-order valence-corrected chi connectivity index (χ3v) is 3.64. The van der Waals surface area contributed by atoms with Crippen LogP contribution in [-0.2, 0) is 0 Å². The molecule has 1 aliphatic heterocycles. The van der Waals surface area contributed by atoms with Crippen LogP contribution in [0, 0.1) is 5.82 Å². The summed E-state index contributed by atoms with van der Waals surface area (Å²) in [5.74, 6) is -0.621. The summed E-state index contributed by atoms with van der Waals surface area (Å²) >= 11 is 0. The van der Waals surface area contributed by atoms with Gasteiger partial charge >= 0.3 is 0 Å². The lowest BCUT2D eigenvalue weighted by Gasteiger charge is -2.36. The van der Waals surface area contributed by atoms with Gasteiger partial charge in [0.2, 0.25) is 0 Å². The van der Waals surface area contributed by atoms with Gasteiger partial charge in [-0.2, -0.15) is 5.10 Å². The van der Waals surface area contributed by atoms with E-state index in [2.05, 4.69) is 15.5 Å². The molecule has 2 N–H and O–H groups in total. The van der Waals surface area contributed by atoms with E-state index in [0.717, 1.165) is 5.56 Å². The average molecular weight is 339 g/mol. The number of nitrogens with one attached hydrogen (secondary N) is 2. The van der Waals surface area contributed by atoms with Crippen molar-refractivity contribution in [2.45, 2.75) is 6.04 Å². The van der Waals surface area contributed by atoms with Gasteiger partial charge in [0, 0.05) is 25.7 Å². The van der Waals surface area contributed by atoms with Gasteiger partial charge in [0.1, 0.15) is 11.5 Å². The van der Waals surface area contributed by atoms with Gasteiger partial charge in [-0.15, -0.1) is 12.4 Å². The summed E-state index contributed by atoms with van der Waals surface area (Å²) in [4.78, 5) is 25.3. The lowest BCUT2D eigenvalue weighted by Crippen LogP contribution is -2.49. The summed E-state index contributed by atoms with van der Waals surface area (Å²) in [5.41, 5.74) is 0.534. The molecule has 1 fully saturated rings. The summed E-state index contributed by atoms with van der Waals surface area (Å²) in [7, 11) is 0. The molecule has 1 aliphatic rings. The molecule has 8 heteroatoms. The second kappa shape index (κ2) is 7.34. The van der Waals surface area contributed by atoms with Gasteiger partial charge in [0.15, 0.2) is 0 Å². The molecule has 6 nitrogen and oxygen atoms in total. The molecule has 2 aromatic rings. The maximum absolute atomic E-state index is 13.4. The number of H-pyrrole nitrogens is 1. The molecule has 122 valence electrons. The van der Waals surface area contributed by atoms with Crippen LogP contribution in [0.4, 0.5) is 4.39 Å². The quantitative estimate of drug-likeness (QED) is 0.860. The van der Waals surface area contributed by atoms with Crippen molar-refractivity contribution in [3.05, 3.63) is 63.8 Å². The predicted octanol–water partition coefficient (Wildman–Crippen LogP) is 1.12. The van der Waals surface area contributed by atoms with Crippen molar-refractivity contribution in [1.29, 1.82) is 0 Å². The Kier molecular flexibility index (Phi) is 5.46. The molecule has 0 spiro atoms. The average Bonchev–Trinajstić information content (AvgIpc) is 2.55. The van der Waals surface area contributed by atoms with Crippen LogP contribution in [0.25, 0.3) is 0 Å². The number of rotatable bonds is 2. The standard InChI is InChI=1S/C15H15FN4O2.ClH/c16-11-3-1-2-10(8-11)13-9-17-6-7-20(13)15(22)12-4-5-14(21)19-18-12;/h1-5,8,13,17H,6-7,9H2,(H,19,21);1H. The van der Waals surface area contributed by atoms with E-state index in [-0.39, 0.29) is 41.4 Å². The Morgan fingerprint density at radius 2 is 2.13 bits per heavy atom. The Morgan fingerprint density at radius 3 is 2.83 bits per heavy atom. The van der Waals surface area contributed by atoms with Crippen molar-refractivity contribution in [3.63, 3.8) is 0 Å². The van der Waals surface area contributed by atoms with Crippen molar-refractivity contribution in [2.24, 2.45) is 0 Å². The van der Waals surface area contributed by atoms with Crippen LogP contribution in [0.3, 0.4) is 0 Å². The molecule has 1 unspecified atom stereocenters. The third kappa shape index (κ3) is 3.75. The Bertz CT molecular complexity index is 732. The first-order chi connectivity index (χ1) is 10.6. The molecule has 1 atom stereocenters. The van der Waals surface area contributed by atoms with Gasteiger partial charge in [0.25, 0.3) is 11.5 Å². The fraction of sp³-hybridized carbons (Fsp3) is 0.267. The molecule has 0 bridgehead atoms. The summed E-state index contributed by atoms with van der Waals surface area (Å²) < 4.78 is 13.4. The van der Waals surface area contributed by atoms with Crippen LogP contribution >= 0.6 is 12.4 Å². The molecular weight excluding hydrogens is 323 g/mol. The molecule has 3 rings (SSSR count). The van der Waals surface area contributed by atoms with E-state index < -0.39 is 0 Å². The fourth-order valence-corrected chi connectivity index (χ4v) is 2.57. The number of nitrogens with zero attached hydrogens (tertiary/aromatic N) is 2. The van der Waals surface area contributed by atoms with E-state index in [4.69, 9.17) is 0 Å². The molecule has 0 aliphatic carbocycles. The molecule has 2 heterocycles. The Labute approximate surface area is 138 Å². The van der Waals surface area contributed by atoms with Crippen molar-refractivity contribution in [3.8, 4) is 0 Å². The Hall–Kier alpha value is -2.25. The molecule has 1 aromatic heterocycles. The van der Waals surface area contributed by atoms with Crippen LogP contribution < -0.4 is 10.9 Å². The second-order valence-electron chi connectivity index (χ2n) is 5.08.